The molecule has 2 heterocycles. The second-order valence-electron chi connectivity index (χ2n) is 4.71. The zero-order chi connectivity index (χ0) is 14.8. The van der Waals surface area contributed by atoms with Gasteiger partial charge in [0.15, 0.2) is 11.5 Å². The first-order valence-electron chi connectivity index (χ1n) is 6.10. The summed E-state index contributed by atoms with van der Waals surface area (Å²) in [7, 11) is 0. The van der Waals surface area contributed by atoms with Crippen LogP contribution in [-0.2, 0) is 6.18 Å². The number of hydrogen-bond donors (Lipinski definition) is 1. The molecule has 0 aromatic carbocycles. The van der Waals surface area contributed by atoms with E-state index < -0.39 is 11.9 Å². The van der Waals surface area contributed by atoms with E-state index in [0.717, 1.165) is 6.07 Å². The molecule has 0 aliphatic heterocycles. The Morgan fingerprint density at radius 1 is 1.30 bits per heavy atom. The summed E-state index contributed by atoms with van der Waals surface area (Å²) >= 11 is 0. The van der Waals surface area contributed by atoms with E-state index in [1.54, 1.807) is 12.1 Å². The minimum absolute atomic E-state index is 0.0556. The molecule has 0 saturated heterocycles. The van der Waals surface area contributed by atoms with Crippen LogP contribution in [0.4, 0.5) is 19.1 Å². The number of anilines is 1. The predicted molar refractivity (Wildman–Crippen MR) is 68.1 cm³/mol. The maximum Gasteiger partial charge on any atom is 0.433 e. The van der Waals surface area contributed by atoms with Crippen LogP contribution in [0.15, 0.2) is 28.9 Å². The van der Waals surface area contributed by atoms with Crippen molar-refractivity contribution in [3.63, 3.8) is 0 Å². The van der Waals surface area contributed by atoms with Gasteiger partial charge in [0.25, 0.3) is 0 Å². The highest BCUT2D eigenvalue weighted by Gasteiger charge is 2.34. The van der Waals surface area contributed by atoms with E-state index >= 15 is 0 Å². The Kier molecular flexibility index (Phi) is 3.96. The molecule has 0 spiro atoms. The predicted octanol–water partition coefficient (Wildman–Crippen LogP) is 3.82. The Bertz CT molecular complexity index is 565. The van der Waals surface area contributed by atoms with Crippen molar-refractivity contribution >= 4 is 5.95 Å². The second kappa shape index (κ2) is 5.52. The van der Waals surface area contributed by atoms with Gasteiger partial charge in [-0.2, -0.15) is 13.2 Å². The topological polar surface area (TPSA) is 51.0 Å². The molecule has 0 atom stereocenters. The third-order valence-electron chi connectivity index (χ3n) is 2.46. The largest absolute Gasteiger partial charge is 0.463 e. The Balaban J connectivity index is 2.39. The SMILES string of the molecule is CC(C)CNc1nc(-c2ccco2)cc(C(F)(F)F)n1. The van der Waals surface area contributed by atoms with Crippen molar-refractivity contribution in [3.05, 3.63) is 30.2 Å². The van der Waals surface area contributed by atoms with Crippen LogP contribution in [0.3, 0.4) is 0 Å². The van der Waals surface area contributed by atoms with Gasteiger partial charge in [0.2, 0.25) is 5.95 Å². The molecule has 20 heavy (non-hydrogen) atoms. The zero-order valence-electron chi connectivity index (χ0n) is 11.0. The molecule has 0 aliphatic carbocycles. The zero-order valence-corrected chi connectivity index (χ0v) is 11.0. The number of halogens is 3. The molecule has 7 heteroatoms. The summed E-state index contributed by atoms with van der Waals surface area (Å²) in [6.07, 6.45) is -3.15. The molecule has 2 aromatic heterocycles. The smallest absolute Gasteiger partial charge is 0.433 e. The summed E-state index contributed by atoms with van der Waals surface area (Å²) in [5.74, 6) is 0.477. The van der Waals surface area contributed by atoms with E-state index in [0.29, 0.717) is 6.54 Å². The van der Waals surface area contributed by atoms with Crippen LogP contribution < -0.4 is 5.32 Å². The first-order chi connectivity index (χ1) is 9.36. The lowest BCUT2D eigenvalue weighted by atomic mass is 10.2. The molecule has 1 N–H and O–H groups in total. The average molecular weight is 285 g/mol. The summed E-state index contributed by atoms with van der Waals surface area (Å²) in [6, 6.07) is 4.01. The molecule has 108 valence electrons. The summed E-state index contributed by atoms with van der Waals surface area (Å²) in [5, 5.41) is 2.80. The molecule has 0 saturated carbocycles. The van der Waals surface area contributed by atoms with Crippen LogP contribution in [0.2, 0.25) is 0 Å². The van der Waals surface area contributed by atoms with E-state index in [1.807, 2.05) is 13.8 Å². The van der Waals surface area contributed by atoms with E-state index in [1.165, 1.54) is 6.26 Å². The van der Waals surface area contributed by atoms with Crippen LogP contribution in [0.25, 0.3) is 11.5 Å². The number of nitrogens with zero attached hydrogens (tertiary/aromatic N) is 2. The van der Waals surface area contributed by atoms with Crippen molar-refractivity contribution in [1.82, 2.24) is 9.97 Å². The third-order valence-corrected chi connectivity index (χ3v) is 2.46. The van der Waals surface area contributed by atoms with Gasteiger partial charge in [-0.3, -0.25) is 0 Å². The van der Waals surface area contributed by atoms with Crippen LogP contribution >= 0.6 is 0 Å². The number of alkyl halides is 3. The normalized spacial score (nSPS) is 11.9. The Morgan fingerprint density at radius 2 is 2.05 bits per heavy atom. The minimum atomic E-state index is -4.53. The maximum absolute atomic E-state index is 12.8. The molecule has 0 radical (unpaired) electrons. The Hall–Kier alpha value is -2.05. The fourth-order valence-electron chi connectivity index (χ4n) is 1.52. The van der Waals surface area contributed by atoms with Crippen molar-refractivity contribution in [3.8, 4) is 11.5 Å². The van der Waals surface area contributed by atoms with Gasteiger partial charge in [-0.25, -0.2) is 9.97 Å². The molecule has 4 nitrogen and oxygen atoms in total. The molecule has 0 unspecified atom stereocenters. The average Bonchev–Trinajstić information content (AvgIpc) is 2.89. The van der Waals surface area contributed by atoms with Gasteiger partial charge < -0.3 is 9.73 Å². The fraction of sp³-hybridized carbons (Fsp3) is 0.385. The number of rotatable bonds is 4. The van der Waals surface area contributed by atoms with Crippen molar-refractivity contribution in [2.24, 2.45) is 5.92 Å². The van der Waals surface area contributed by atoms with Crippen molar-refractivity contribution in [2.45, 2.75) is 20.0 Å². The van der Waals surface area contributed by atoms with E-state index in [2.05, 4.69) is 15.3 Å². The van der Waals surface area contributed by atoms with Gasteiger partial charge in [-0.15, -0.1) is 0 Å². The minimum Gasteiger partial charge on any atom is -0.463 e. The van der Waals surface area contributed by atoms with E-state index in [9.17, 15) is 13.2 Å². The van der Waals surface area contributed by atoms with Gasteiger partial charge >= 0.3 is 6.18 Å². The Morgan fingerprint density at radius 3 is 2.60 bits per heavy atom. The summed E-state index contributed by atoms with van der Waals surface area (Å²) < 4.78 is 43.6. The Labute approximate surface area is 114 Å². The molecule has 2 aromatic rings. The number of furan rings is 1. The molecule has 0 fully saturated rings. The molecule has 2 rings (SSSR count). The van der Waals surface area contributed by atoms with Crippen LogP contribution in [0.1, 0.15) is 19.5 Å². The van der Waals surface area contributed by atoms with Gasteiger partial charge in [0.1, 0.15) is 5.69 Å². The monoisotopic (exact) mass is 285 g/mol. The number of hydrogen-bond acceptors (Lipinski definition) is 4. The van der Waals surface area contributed by atoms with Crippen molar-refractivity contribution < 1.29 is 17.6 Å². The lowest BCUT2D eigenvalue weighted by molar-refractivity contribution is -0.141. The van der Waals surface area contributed by atoms with E-state index in [4.69, 9.17) is 4.42 Å². The molecular formula is C13H14F3N3O. The standard InChI is InChI=1S/C13H14F3N3O/c1-8(2)7-17-12-18-9(10-4-3-5-20-10)6-11(19-12)13(14,15)16/h3-6,8H,7H2,1-2H3,(H,17,18,19). The van der Waals surface area contributed by atoms with Gasteiger partial charge in [-0.1, -0.05) is 13.8 Å². The van der Waals surface area contributed by atoms with E-state index in [-0.39, 0.29) is 23.3 Å². The lowest BCUT2D eigenvalue weighted by Crippen LogP contribution is -2.15. The molecular weight excluding hydrogens is 271 g/mol. The number of nitrogens with one attached hydrogen (secondary N) is 1. The van der Waals surface area contributed by atoms with Crippen LogP contribution in [0, 0.1) is 5.92 Å². The highest BCUT2D eigenvalue weighted by Crippen LogP contribution is 2.31. The summed E-state index contributed by atoms with van der Waals surface area (Å²) in [5.41, 5.74) is -0.895. The first-order valence-corrected chi connectivity index (χ1v) is 6.10. The highest BCUT2D eigenvalue weighted by atomic mass is 19.4. The number of aromatic nitrogens is 2. The summed E-state index contributed by atoms with van der Waals surface area (Å²) in [4.78, 5) is 7.54. The van der Waals surface area contributed by atoms with Crippen LogP contribution in [-0.4, -0.2) is 16.5 Å². The highest BCUT2D eigenvalue weighted by molar-refractivity contribution is 5.54. The lowest BCUT2D eigenvalue weighted by Gasteiger charge is -2.11. The van der Waals surface area contributed by atoms with Crippen molar-refractivity contribution in [1.29, 1.82) is 0 Å². The molecule has 0 aliphatic rings. The summed E-state index contributed by atoms with van der Waals surface area (Å²) in [6.45, 7) is 4.36. The molecule has 0 amide bonds. The van der Waals surface area contributed by atoms with Crippen molar-refractivity contribution in [2.75, 3.05) is 11.9 Å². The van der Waals surface area contributed by atoms with Gasteiger partial charge in [-0.05, 0) is 24.1 Å². The quantitative estimate of drug-likeness (QED) is 0.927. The van der Waals surface area contributed by atoms with Gasteiger partial charge in [0.05, 0.1) is 6.26 Å². The molecule has 0 bridgehead atoms. The maximum atomic E-state index is 12.8. The fourth-order valence-corrected chi connectivity index (χ4v) is 1.52. The second-order valence-corrected chi connectivity index (χ2v) is 4.71. The van der Waals surface area contributed by atoms with Crippen LogP contribution in [0.5, 0.6) is 0 Å². The van der Waals surface area contributed by atoms with Gasteiger partial charge in [0, 0.05) is 6.54 Å². The third kappa shape index (κ3) is 3.49. The first kappa shape index (κ1) is 14.4.